The third kappa shape index (κ3) is 7.19. The Morgan fingerprint density at radius 1 is 1.36 bits per heavy atom. The van der Waals surface area contributed by atoms with Gasteiger partial charge in [-0.15, -0.1) is 0 Å². The monoisotopic (exact) mass is 450 g/mol. The molecule has 1 aromatic carbocycles. The minimum absolute atomic E-state index is 0.103. The molecule has 1 fully saturated rings. The predicted molar refractivity (Wildman–Crippen MR) is 112 cm³/mol. The van der Waals surface area contributed by atoms with Crippen molar-refractivity contribution >= 4 is 39.1 Å². The first kappa shape index (κ1) is 23.4. The molecule has 1 aliphatic rings. The zero-order valence-corrected chi connectivity index (χ0v) is 18.6. The SMILES string of the molecule is CC(C)OCCCNC(=O)C1CCCN(S(=O)(=O)Cc2ccc(Cl)cc2Cl)C1. The van der Waals surface area contributed by atoms with Gasteiger partial charge < -0.3 is 10.1 Å². The third-order valence-electron chi connectivity index (χ3n) is 4.57. The number of nitrogens with one attached hydrogen (secondary N) is 1. The van der Waals surface area contributed by atoms with Gasteiger partial charge in [0.2, 0.25) is 15.9 Å². The summed E-state index contributed by atoms with van der Waals surface area (Å²) in [5.74, 6) is -0.645. The van der Waals surface area contributed by atoms with Crippen LogP contribution in [0.3, 0.4) is 0 Å². The second kappa shape index (κ2) is 10.8. The second-order valence-corrected chi connectivity index (χ2v) is 10.1. The molecular formula is C19H28Cl2N2O4S. The van der Waals surface area contributed by atoms with E-state index >= 15 is 0 Å². The highest BCUT2D eigenvalue weighted by Crippen LogP contribution is 2.26. The fourth-order valence-electron chi connectivity index (χ4n) is 3.08. The standard InChI is InChI=1S/C19H28Cl2N2O4S/c1-14(2)27-10-4-8-22-19(24)15-5-3-9-23(12-15)28(25,26)13-16-6-7-17(20)11-18(16)21/h6-7,11,14-15H,3-5,8-10,12-13H2,1-2H3,(H,22,24). The molecule has 28 heavy (non-hydrogen) atoms. The highest BCUT2D eigenvalue weighted by Gasteiger charge is 2.32. The molecule has 0 saturated carbocycles. The maximum atomic E-state index is 12.8. The van der Waals surface area contributed by atoms with Crippen LogP contribution >= 0.6 is 23.2 Å². The van der Waals surface area contributed by atoms with Gasteiger partial charge in [0.05, 0.1) is 17.8 Å². The van der Waals surface area contributed by atoms with Gasteiger partial charge in [0.1, 0.15) is 0 Å². The normalized spacial score (nSPS) is 18.4. The number of benzene rings is 1. The maximum absolute atomic E-state index is 12.8. The van der Waals surface area contributed by atoms with Crippen molar-refractivity contribution in [2.24, 2.45) is 5.92 Å². The molecule has 158 valence electrons. The van der Waals surface area contributed by atoms with Crippen molar-refractivity contribution < 1.29 is 17.9 Å². The van der Waals surface area contributed by atoms with Crippen LogP contribution in [0.25, 0.3) is 0 Å². The Balaban J connectivity index is 1.89. The van der Waals surface area contributed by atoms with Crippen LogP contribution in [0.4, 0.5) is 0 Å². The molecule has 1 unspecified atom stereocenters. The van der Waals surface area contributed by atoms with E-state index in [9.17, 15) is 13.2 Å². The van der Waals surface area contributed by atoms with Crippen LogP contribution in [0.15, 0.2) is 18.2 Å². The summed E-state index contributed by atoms with van der Waals surface area (Å²) in [6.07, 6.45) is 2.24. The fraction of sp³-hybridized carbons (Fsp3) is 0.632. The minimum Gasteiger partial charge on any atom is -0.379 e. The number of nitrogens with zero attached hydrogens (tertiary/aromatic N) is 1. The third-order valence-corrected chi connectivity index (χ3v) is 6.95. The number of hydrogen-bond donors (Lipinski definition) is 1. The van der Waals surface area contributed by atoms with Crippen LogP contribution in [0.2, 0.25) is 10.0 Å². The number of carbonyl (C=O) groups is 1. The van der Waals surface area contributed by atoms with Gasteiger partial charge in [0.15, 0.2) is 0 Å². The summed E-state index contributed by atoms with van der Waals surface area (Å²) in [6, 6.07) is 4.77. The number of hydrogen-bond acceptors (Lipinski definition) is 4. The second-order valence-electron chi connectivity index (χ2n) is 7.25. The van der Waals surface area contributed by atoms with Crippen molar-refractivity contribution in [2.45, 2.75) is 45.0 Å². The number of sulfonamides is 1. The Morgan fingerprint density at radius 2 is 2.11 bits per heavy atom. The topological polar surface area (TPSA) is 75.7 Å². The van der Waals surface area contributed by atoms with Crippen LogP contribution in [-0.4, -0.2) is 51.0 Å². The highest BCUT2D eigenvalue weighted by molar-refractivity contribution is 7.88. The molecule has 0 radical (unpaired) electrons. The van der Waals surface area contributed by atoms with Gasteiger partial charge in [-0.3, -0.25) is 4.79 Å². The lowest BCUT2D eigenvalue weighted by Gasteiger charge is -2.31. The molecule has 1 aliphatic heterocycles. The van der Waals surface area contributed by atoms with Crippen LogP contribution < -0.4 is 5.32 Å². The van der Waals surface area contributed by atoms with E-state index in [1.165, 1.54) is 10.4 Å². The van der Waals surface area contributed by atoms with E-state index in [4.69, 9.17) is 27.9 Å². The number of amides is 1. The lowest BCUT2D eigenvalue weighted by atomic mass is 9.99. The number of piperidine rings is 1. The first-order valence-electron chi connectivity index (χ1n) is 9.50. The quantitative estimate of drug-likeness (QED) is 0.584. The molecule has 0 aromatic heterocycles. The summed E-state index contributed by atoms with van der Waals surface area (Å²) >= 11 is 12.0. The zero-order chi connectivity index (χ0) is 20.7. The van der Waals surface area contributed by atoms with E-state index in [0.717, 1.165) is 6.42 Å². The molecule has 6 nitrogen and oxygen atoms in total. The molecule has 1 amide bonds. The van der Waals surface area contributed by atoms with Gasteiger partial charge in [-0.2, -0.15) is 0 Å². The number of halogens is 2. The van der Waals surface area contributed by atoms with Crippen molar-refractivity contribution in [3.8, 4) is 0 Å². The first-order chi connectivity index (χ1) is 13.2. The Bertz CT molecular complexity index is 771. The highest BCUT2D eigenvalue weighted by atomic mass is 35.5. The zero-order valence-electron chi connectivity index (χ0n) is 16.3. The van der Waals surface area contributed by atoms with Gasteiger partial charge in [-0.1, -0.05) is 29.3 Å². The lowest BCUT2D eigenvalue weighted by molar-refractivity contribution is -0.126. The summed E-state index contributed by atoms with van der Waals surface area (Å²) in [4.78, 5) is 12.4. The average molecular weight is 451 g/mol. The molecule has 1 heterocycles. The molecule has 2 rings (SSSR count). The Labute approximate surface area is 177 Å². The van der Waals surface area contributed by atoms with Gasteiger partial charge in [0, 0.05) is 36.3 Å². The smallest absolute Gasteiger partial charge is 0.224 e. The number of rotatable bonds is 9. The van der Waals surface area contributed by atoms with Crippen LogP contribution in [0, 0.1) is 5.92 Å². The molecular weight excluding hydrogens is 423 g/mol. The molecule has 0 bridgehead atoms. The molecule has 1 aromatic rings. The van der Waals surface area contributed by atoms with Crippen molar-refractivity contribution in [3.05, 3.63) is 33.8 Å². The number of ether oxygens (including phenoxy) is 1. The number of carbonyl (C=O) groups excluding carboxylic acids is 1. The van der Waals surface area contributed by atoms with E-state index < -0.39 is 10.0 Å². The van der Waals surface area contributed by atoms with E-state index in [0.29, 0.717) is 48.1 Å². The largest absolute Gasteiger partial charge is 0.379 e. The molecule has 1 atom stereocenters. The first-order valence-corrected chi connectivity index (χ1v) is 11.9. The van der Waals surface area contributed by atoms with Crippen molar-refractivity contribution in [3.63, 3.8) is 0 Å². The molecule has 1 N–H and O–H groups in total. The molecule has 1 saturated heterocycles. The Kier molecular flexibility index (Phi) is 9.02. The minimum atomic E-state index is -3.57. The van der Waals surface area contributed by atoms with Crippen molar-refractivity contribution in [1.82, 2.24) is 9.62 Å². The maximum Gasteiger partial charge on any atom is 0.224 e. The Morgan fingerprint density at radius 3 is 2.79 bits per heavy atom. The van der Waals surface area contributed by atoms with Gasteiger partial charge >= 0.3 is 0 Å². The summed E-state index contributed by atoms with van der Waals surface area (Å²) in [5, 5.41) is 3.67. The molecule has 9 heteroatoms. The Hall–Kier alpha value is -0.860. The van der Waals surface area contributed by atoms with Crippen LogP contribution in [-0.2, 0) is 25.3 Å². The van der Waals surface area contributed by atoms with E-state index in [1.807, 2.05) is 13.8 Å². The van der Waals surface area contributed by atoms with Crippen LogP contribution in [0.5, 0.6) is 0 Å². The van der Waals surface area contributed by atoms with Gasteiger partial charge in [-0.05, 0) is 50.8 Å². The fourth-order valence-corrected chi connectivity index (χ4v) is 5.28. The van der Waals surface area contributed by atoms with Crippen molar-refractivity contribution in [2.75, 3.05) is 26.2 Å². The van der Waals surface area contributed by atoms with Gasteiger partial charge in [-0.25, -0.2) is 12.7 Å². The summed E-state index contributed by atoms with van der Waals surface area (Å²) in [6.45, 7) is 5.65. The van der Waals surface area contributed by atoms with E-state index in [-0.39, 0.29) is 30.2 Å². The summed E-state index contributed by atoms with van der Waals surface area (Å²) in [5.41, 5.74) is 0.503. The molecule has 0 spiro atoms. The van der Waals surface area contributed by atoms with E-state index in [2.05, 4.69) is 5.32 Å². The summed E-state index contributed by atoms with van der Waals surface area (Å²) < 4.78 is 32.5. The van der Waals surface area contributed by atoms with Gasteiger partial charge in [0.25, 0.3) is 0 Å². The average Bonchev–Trinajstić information content (AvgIpc) is 2.63. The van der Waals surface area contributed by atoms with E-state index in [1.54, 1.807) is 12.1 Å². The predicted octanol–water partition coefficient (Wildman–Crippen LogP) is 3.47. The molecule has 0 aliphatic carbocycles. The summed E-state index contributed by atoms with van der Waals surface area (Å²) in [7, 11) is -3.57. The van der Waals surface area contributed by atoms with Crippen molar-refractivity contribution in [1.29, 1.82) is 0 Å². The lowest BCUT2D eigenvalue weighted by Crippen LogP contribution is -2.46. The van der Waals surface area contributed by atoms with Crippen LogP contribution in [0.1, 0.15) is 38.7 Å².